The van der Waals surface area contributed by atoms with Gasteiger partial charge in [-0.2, -0.15) is 0 Å². The van der Waals surface area contributed by atoms with Gasteiger partial charge in [0.15, 0.2) is 0 Å². The molecule has 1 aliphatic carbocycles. The molecule has 20 heavy (non-hydrogen) atoms. The number of piperidine rings is 1. The molecule has 0 radical (unpaired) electrons. The summed E-state index contributed by atoms with van der Waals surface area (Å²) in [6.07, 6.45) is 8.91. The van der Waals surface area contributed by atoms with Gasteiger partial charge in [0.1, 0.15) is 0 Å². The molecule has 0 bridgehead atoms. The minimum Gasteiger partial charge on any atom is -0.312 e. The van der Waals surface area contributed by atoms with Crippen molar-refractivity contribution in [1.29, 1.82) is 0 Å². The molecule has 1 spiro atoms. The summed E-state index contributed by atoms with van der Waals surface area (Å²) in [6, 6.07) is 0.712. The van der Waals surface area contributed by atoms with Crippen molar-refractivity contribution in [1.82, 2.24) is 10.2 Å². The quantitative estimate of drug-likeness (QED) is 0.835. The van der Waals surface area contributed by atoms with Gasteiger partial charge in [-0.3, -0.25) is 0 Å². The van der Waals surface area contributed by atoms with Crippen LogP contribution in [-0.4, -0.2) is 36.1 Å². The molecule has 1 saturated carbocycles. The van der Waals surface area contributed by atoms with E-state index in [1.807, 2.05) is 0 Å². The predicted octanol–water partition coefficient (Wildman–Crippen LogP) is 4.06. The number of hydrogen-bond donors (Lipinski definition) is 1. The zero-order chi connectivity index (χ0) is 14.8. The third-order valence-electron chi connectivity index (χ3n) is 5.88. The highest BCUT2D eigenvalue weighted by Gasteiger charge is 2.38. The van der Waals surface area contributed by atoms with E-state index in [2.05, 4.69) is 44.8 Å². The number of rotatable bonds is 4. The first-order valence-electron chi connectivity index (χ1n) is 8.80. The maximum Gasteiger partial charge on any atom is 0.0105 e. The van der Waals surface area contributed by atoms with Crippen LogP contribution in [0.4, 0.5) is 0 Å². The van der Waals surface area contributed by atoms with E-state index in [-0.39, 0.29) is 5.54 Å². The van der Waals surface area contributed by atoms with Crippen LogP contribution >= 0.6 is 0 Å². The monoisotopic (exact) mass is 280 g/mol. The highest BCUT2D eigenvalue weighted by atomic mass is 15.2. The van der Waals surface area contributed by atoms with E-state index in [9.17, 15) is 0 Å². The van der Waals surface area contributed by atoms with E-state index in [0.717, 1.165) is 17.9 Å². The average molecular weight is 280 g/mol. The van der Waals surface area contributed by atoms with Gasteiger partial charge in [0.2, 0.25) is 0 Å². The van der Waals surface area contributed by atoms with Gasteiger partial charge >= 0.3 is 0 Å². The van der Waals surface area contributed by atoms with Crippen LogP contribution in [0.25, 0.3) is 0 Å². The maximum atomic E-state index is 3.66. The largest absolute Gasteiger partial charge is 0.312 e. The van der Waals surface area contributed by atoms with Gasteiger partial charge in [0.25, 0.3) is 0 Å². The normalized spacial score (nSPS) is 26.9. The lowest BCUT2D eigenvalue weighted by atomic mass is 9.76. The van der Waals surface area contributed by atoms with Gasteiger partial charge in [-0.25, -0.2) is 0 Å². The second kappa shape index (κ2) is 6.36. The van der Waals surface area contributed by atoms with Crippen LogP contribution in [-0.2, 0) is 0 Å². The average Bonchev–Trinajstić information content (AvgIpc) is 2.83. The second-order valence-electron chi connectivity index (χ2n) is 8.59. The highest BCUT2D eigenvalue weighted by Crippen LogP contribution is 2.46. The molecule has 0 aromatic rings. The topological polar surface area (TPSA) is 15.3 Å². The Labute approximate surface area is 126 Å². The summed E-state index contributed by atoms with van der Waals surface area (Å²) in [7, 11) is 0. The summed E-state index contributed by atoms with van der Waals surface area (Å²) in [5.41, 5.74) is 0.993. The Bertz CT molecular complexity index is 289. The molecule has 1 heterocycles. The maximum absolute atomic E-state index is 3.66. The van der Waals surface area contributed by atoms with Crippen molar-refractivity contribution in [3.8, 4) is 0 Å². The van der Waals surface area contributed by atoms with E-state index in [1.54, 1.807) is 0 Å². The molecule has 2 heteroatoms. The zero-order valence-corrected chi connectivity index (χ0v) is 14.5. The summed E-state index contributed by atoms with van der Waals surface area (Å²) in [6.45, 7) is 15.4. The van der Waals surface area contributed by atoms with Crippen molar-refractivity contribution in [2.45, 2.75) is 84.7 Å². The van der Waals surface area contributed by atoms with Crippen LogP contribution in [0.3, 0.4) is 0 Å². The lowest BCUT2D eigenvalue weighted by molar-refractivity contribution is 0.0615. The third kappa shape index (κ3) is 4.21. The molecule has 0 amide bonds. The Kier molecular flexibility index (Phi) is 5.18. The van der Waals surface area contributed by atoms with Crippen LogP contribution in [0.1, 0.15) is 73.1 Å². The molecule has 2 nitrogen and oxygen atoms in total. The van der Waals surface area contributed by atoms with Gasteiger partial charge in [-0.15, -0.1) is 0 Å². The van der Waals surface area contributed by atoms with E-state index in [0.29, 0.717) is 6.04 Å². The molecular formula is C18H36N2. The van der Waals surface area contributed by atoms with Crippen LogP contribution in [0.5, 0.6) is 0 Å². The Morgan fingerprint density at radius 3 is 2.05 bits per heavy atom. The lowest BCUT2D eigenvalue weighted by Crippen LogP contribution is -2.49. The number of nitrogens with one attached hydrogen (secondary N) is 1. The lowest BCUT2D eigenvalue weighted by Gasteiger charge is -2.43. The summed E-state index contributed by atoms with van der Waals surface area (Å²) in [5, 5.41) is 3.66. The first kappa shape index (κ1) is 16.3. The van der Waals surface area contributed by atoms with E-state index in [1.165, 1.54) is 51.6 Å². The first-order chi connectivity index (χ1) is 9.31. The molecule has 2 aliphatic rings. The Balaban J connectivity index is 1.77. The first-order valence-corrected chi connectivity index (χ1v) is 8.80. The fourth-order valence-electron chi connectivity index (χ4n) is 4.03. The molecule has 0 aromatic heterocycles. The summed E-state index contributed by atoms with van der Waals surface area (Å²) in [5.74, 6) is 0.729. The number of likely N-dealkylation sites (tertiary alicyclic amines) is 1. The van der Waals surface area contributed by atoms with Gasteiger partial charge in [-0.1, -0.05) is 19.8 Å². The van der Waals surface area contributed by atoms with Crippen molar-refractivity contribution in [3.05, 3.63) is 0 Å². The van der Waals surface area contributed by atoms with Gasteiger partial charge in [-0.05, 0) is 84.3 Å². The SMILES string of the molecule is CC(CNC(C)(C)C)C(C)N1CCC2(CCCC2)CC1. The Morgan fingerprint density at radius 1 is 1.00 bits per heavy atom. The fraction of sp³-hybridized carbons (Fsp3) is 1.00. The van der Waals surface area contributed by atoms with Crippen LogP contribution < -0.4 is 5.32 Å². The molecule has 2 atom stereocenters. The van der Waals surface area contributed by atoms with E-state index >= 15 is 0 Å². The van der Waals surface area contributed by atoms with Crippen molar-refractivity contribution < 1.29 is 0 Å². The van der Waals surface area contributed by atoms with E-state index < -0.39 is 0 Å². The summed E-state index contributed by atoms with van der Waals surface area (Å²) in [4.78, 5) is 2.75. The van der Waals surface area contributed by atoms with Crippen LogP contribution in [0.2, 0.25) is 0 Å². The van der Waals surface area contributed by atoms with Gasteiger partial charge < -0.3 is 10.2 Å². The van der Waals surface area contributed by atoms with Crippen molar-refractivity contribution in [3.63, 3.8) is 0 Å². The highest BCUT2D eigenvalue weighted by molar-refractivity contribution is 4.91. The predicted molar refractivity (Wildman–Crippen MR) is 88.1 cm³/mol. The smallest absolute Gasteiger partial charge is 0.0105 e. The molecule has 118 valence electrons. The van der Waals surface area contributed by atoms with Gasteiger partial charge in [0, 0.05) is 11.6 Å². The number of nitrogens with zero attached hydrogens (tertiary/aromatic N) is 1. The van der Waals surface area contributed by atoms with Crippen molar-refractivity contribution in [2.24, 2.45) is 11.3 Å². The Morgan fingerprint density at radius 2 is 1.55 bits per heavy atom. The Hall–Kier alpha value is -0.0800. The molecule has 1 N–H and O–H groups in total. The molecule has 0 aromatic carbocycles. The van der Waals surface area contributed by atoms with Crippen molar-refractivity contribution in [2.75, 3.05) is 19.6 Å². The molecule has 2 rings (SSSR count). The second-order valence-corrected chi connectivity index (χ2v) is 8.59. The molecule has 1 saturated heterocycles. The summed E-state index contributed by atoms with van der Waals surface area (Å²) >= 11 is 0. The minimum absolute atomic E-state index is 0.240. The van der Waals surface area contributed by atoms with Crippen molar-refractivity contribution >= 4 is 0 Å². The third-order valence-corrected chi connectivity index (χ3v) is 5.88. The fourth-order valence-corrected chi connectivity index (χ4v) is 4.03. The van der Waals surface area contributed by atoms with Gasteiger partial charge in [0.05, 0.1) is 0 Å². The summed E-state index contributed by atoms with van der Waals surface area (Å²) < 4.78 is 0. The molecule has 2 unspecified atom stereocenters. The number of hydrogen-bond acceptors (Lipinski definition) is 2. The van der Waals surface area contributed by atoms with Crippen LogP contribution in [0, 0.1) is 11.3 Å². The zero-order valence-electron chi connectivity index (χ0n) is 14.5. The van der Waals surface area contributed by atoms with E-state index in [4.69, 9.17) is 0 Å². The minimum atomic E-state index is 0.240. The van der Waals surface area contributed by atoms with Crippen LogP contribution in [0.15, 0.2) is 0 Å². The molecule has 2 fully saturated rings. The standard InChI is InChI=1S/C18H36N2/c1-15(14-19-17(3,4)5)16(2)20-12-10-18(11-13-20)8-6-7-9-18/h15-16,19H,6-14H2,1-5H3. The molecular weight excluding hydrogens is 244 g/mol. The molecule has 1 aliphatic heterocycles.